The molecule has 280 valence electrons. The summed E-state index contributed by atoms with van der Waals surface area (Å²) in [7, 11) is 0. The van der Waals surface area contributed by atoms with Crippen molar-refractivity contribution in [1.82, 2.24) is 0 Å². The minimum atomic E-state index is -0.192. The van der Waals surface area contributed by atoms with Crippen molar-refractivity contribution in [3.63, 3.8) is 0 Å². The molecule has 0 saturated carbocycles. The smallest absolute Gasteiger partial charge is 0.333 e. The molecule has 5 heterocycles. The Bertz CT molecular complexity index is 3310. The number of rotatable bonds is 1. The maximum atomic E-state index is 7.08. The first-order chi connectivity index (χ1) is 28.0. The van der Waals surface area contributed by atoms with Crippen LogP contribution in [0.5, 0.6) is 0 Å². The molecule has 5 heteroatoms. The molecular formula is C53H43BN2OS. The summed E-state index contributed by atoms with van der Waals surface area (Å²) in [6.07, 6.45) is 2.36. The van der Waals surface area contributed by atoms with E-state index in [2.05, 4.69) is 179 Å². The van der Waals surface area contributed by atoms with Crippen LogP contribution in [0.2, 0.25) is 0 Å². The Balaban J connectivity index is 1.24. The van der Waals surface area contributed by atoms with Crippen LogP contribution in [0.25, 0.3) is 53.2 Å². The summed E-state index contributed by atoms with van der Waals surface area (Å²) in [6.45, 7) is 14.5. The summed E-state index contributed by atoms with van der Waals surface area (Å²) >= 11 is 1.93. The molecule has 58 heavy (non-hydrogen) atoms. The van der Waals surface area contributed by atoms with Gasteiger partial charge in [0.2, 0.25) is 0 Å². The first-order valence-electron chi connectivity index (χ1n) is 20.9. The molecule has 0 radical (unpaired) electrons. The van der Waals surface area contributed by atoms with Gasteiger partial charge in [0, 0.05) is 59.8 Å². The Hall–Kier alpha value is -5.78. The quantitative estimate of drug-likeness (QED) is 0.155. The lowest BCUT2D eigenvalue weighted by Gasteiger charge is -2.50. The minimum Gasteiger partial charge on any atom is -0.455 e. The van der Waals surface area contributed by atoms with Crippen LogP contribution in [0.3, 0.4) is 0 Å². The number of anilines is 5. The molecule has 0 fully saturated rings. The van der Waals surface area contributed by atoms with Gasteiger partial charge in [-0.1, -0.05) is 133 Å². The molecule has 4 aliphatic rings. The zero-order valence-electron chi connectivity index (χ0n) is 33.8. The van der Waals surface area contributed by atoms with E-state index < -0.39 is 0 Å². The van der Waals surface area contributed by atoms with Crippen LogP contribution < -0.4 is 20.6 Å². The third-order valence-electron chi connectivity index (χ3n) is 14.7. The highest BCUT2D eigenvalue weighted by atomic mass is 32.1. The summed E-state index contributed by atoms with van der Waals surface area (Å²) in [4.78, 5) is 5.37. The minimum absolute atomic E-state index is 0.0651. The molecule has 0 N–H and O–H groups in total. The molecule has 1 aliphatic carbocycles. The molecule has 0 saturated heterocycles. The SMILES string of the molecule is CC1(C)CCC(C)(C)c2cc(N3B4c5cccc6c5N(c5ccccc5C6(C)C)c5cc6c(oc7ccccc76)c(c54)-c4ccc5c(sc6ccccc65)c43)ccc21. The van der Waals surface area contributed by atoms with Gasteiger partial charge in [0.15, 0.2) is 0 Å². The lowest BCUT2D eigenvalue weighted by molar-refractivity contribution is 0.332. The molecule has 9 aromatic rings. The number of thiophene rings is 1. The zero-order chi connectivity index (χ0) is 39.0. The second kappa shape index (κ2) is 10.8. The fourth-order valence-electron chi connectivity index (χ4n) is 11.6. The van der Waals surface area contributed by atoms with Gasteiger partial charge in [0.25, 0.3) is 0 Å². The number of benzene rings is 7. The largest absolute Gasteiger partial charge is 0.455 e. The number of nitrogens with zero attached hydrogens (tertiary/aromatic N) is 2. The summed E-state index contributed by atoms with van der Waals surface area (Å²) in [5.74, 6) is 0. The van der Waals surface area contributed by atoms with Crippen molar-refractivity contribution in [2.75, 3.05) is 9.71 Å². The number of hydrogen-bond donors (Lipinski definition) is 0. The van der Waals surface area contributed by atoms with Crippen molar-refractivity contribution in [3.05, 3.63) is 150 Å². The van der Waals surface area contributed by atoms with Gasteiger partial charge >= 0.3 is 6.85 Å². The normalized spacial score (nSPS) is 17.7. The fourth-order valence-corrected chi connectivity index (χ4v) is 12.9. The van der Waals surface area contributed by atoms with Crippen LogP contribution in [0.4, 0.5) is 28.4 Å². The Morgan fingerprint density at radius 2 is 1.33 bits per heavy atom. The molecule has 13 rings (SSSR count). The first kappa shape index (κ1) is 33.2. The number of para-hydroxylation sites is 3. The lowest BCUT2D eigenvalue weighted by Crippen LogP contribution is -2.62. The van der Waals surface area contributed by atoms with Gasteiger partial charge in [-0.25, -0.2) is 0 Å². The fraction of sp³-hybridized carbons (Fsp3) is 0.208. The van der Waals surface area contributed by atoms with Crippen LogP contribution in [0, 0.1) is 0 Å². The van der Waals surface area contributed by atoms with Gasteiger partial charge in [-0.05, 0) is 93.2 Å². The maximum Gasteiger partial charge on any atom is 0.333 e. The van der Waals surface area contributed by atoms with Crippen molar-refractivity contribution >= 4 is 99.7 Å². The lowest BCUT2D eigenvalue weighted by atomic mass is 9.42. The predicted molar refractivity (Wildman–Crippen MR) is 248 cm³/mol. The molecule has 0 atom stereocenters. The third-order valence-corrected chi connectivity index (χ3v) is 15.9. The Kier molecular flexibility index (Phi) is 6.20. The van der Waals surface area contributed by atoms with Gasteiger partial charge in [-0.3, -0.25) is 0 Å². The molecule has 2 aromatic heterocycles. The topological polar surface area (TPSA) is 19.6 Å². The molecule has 0 bridgehead atoms. The van der Waals surface area contributed by atoms with E-state index in [1.54, 1.807) is 0 Å². The van der Waals surface area contributed by atoms with Gasteiger partial charge in [-0.2, -0.15) is 0 Å². The van der Waals surface area contributed by atoms with Crippen molar-refractivity contribution in [1.29, 1.82) is 0 Å². The molecular weight excluding hydrogens is 723 g/mol. The molecule has 7 aromatic carbocycles. The van der Waals surface area contributed by atoms with Crippen LogP contribution in [0.15, 0.2) is 132 Å². The average Bonchev–Trinajstić information content (AvgIpc) is 3.80. The van der Waals surface area contributed by atoms with E-state index in [4.69, 9.17) is 4.42 Å². The Morgan fingerprint density at radius 1 is 0.586 bits per heavy atom. The second-order valence-electron chi connectivity index (χ2n) is 19.1. The zero-order valence-corrected chi connectivity index (χ0v) is 34.6. The molecule has 0 unspecified atom stereocenters. The van der Waals surface area contributed by atoms with Gasteiger partial charge < -0.3 is 14.1 Å². The molecule has 3 nitrogen and oxygen atoms in total. The van der Waals surface area contributed by atoms with Crippen LogP contribution in [-0.2, 0) is 16.2 Å². The maximum absolute atomic E-state index is 7.08. The predicted octanol–water partition coefficient (Wildman–Crippen LogP) is 13.6. The van der Waals surface area contributed by atoms with Gasteiger partial charge in [0.05, 0.1) is 16.1 Å². The third kappa shape index (κ3) is 4.01. The van der Waals surface area contributed by atoms with E-state index in [1.165, 1.54) is 111 Å². The average molecular weight is 767 g/mol. The van der Waals surface area contributed by atoms with E-state index in [0.717, 1.165) is 16.6 Å². The van der Waals surface area contributed by atoms with E-state index in [-0.39, 0.29) is 23.1 Å². The van der Waals surface area contributed by atoms with Gasteiger partial charge in [-0.15, -0.1) is 11.3 Å². The number of furan rings is 1. The standard InChI is InChI=1S/C53H43BN2OS/c1-51(2)26-27-52(3,4)39-28-30(22-25-36(39)51)56-47-34(24-23-33-32-15-8-12-21-44(32)58-50(33)47)45-46-42(29-35-31-14-7-11-20-43(31)57-49(35)45)55-41-19-10-9-16-37(41)53(5,6)38-17-13-18-40(48(38)55)54(46)56/h7-25,28-29H,26-27H2,1-6H3. The number of hydrogen-bond acceptors (Lipinski definition) is 4. The van der Waals surface area contributed by atoms with E-state index in [9.17, 15) is 0 Å². The van der Waals surface area contributed by atoms with E-state index in [0.29, 0.717) is 0 Å². The summed E-state index contributed by atoms with van der Waals surface area (Å²) in [5.41, 5.74) is 19.0. The summed E-state index contributed by atoms with van der Waals surface area (Å²) in [5, 5.41) is 4.95. The Labute approximate surface area is 343 Å². The molecule has 0 amide bonds. The van der Waals surface area contributed by atoms with Crippen LogP contribution >= 0.6 is 11.3 Å². The van der Waals surface area contributed by atoms with Crippen molar-refractivity contribution in [2.45, 2.75) is 70.6 Å². The van der Waals surface area contributed by atoms with Gasteiger partial charge in [0.1, 0.15) is 11.2 Å². The highest BCUT2D eigenvalue weighted by Crippen LogP contribution is 2.58. The Morgan fingerprint density at radius 3 is 2.19 bits per heavy atom. The summed E-state index contributed by atoms with van der Waals surface area (Å²) in [6, 6.07) is 48.5. The van der Waals surface area contributed by atoms with Crippen molar-refractivity contribution in [3.8, 4) is 11.1 Å². The monoisotopic (exact) mass is 766 g/mol. The van der Waals surface area contributed by atoms with Crippen molar-refractivity contribution in [2.24, 2.45) is 0 Å². The molecule has 3 aliphatic heterocycles. The second-order valence-corrected chi connectivity index (χ2v) is 20.1. The first-order valence-corrected chi connectivity index (χ1v) is 21.7. The number of fused-ring (bicyclic) bond motifs is 15. The summed E-state index contributed by atoms with van der Waals surface area (Å²) < 4.78 is 9.73. The van der Waals surface area contributed by atoms with E-state index in [1.807, 2.05) is 11.3 Å². The van der Waals surface area contributed by atoms with Crippen LogP contribution in [0.1, 0.15) is 76.6 Å². The van der Waals surface area contributed by atoms with Crippen LogP contribution in [-0.4, -0.2) is 6.85 Å². The highest BCUT2D eigenvalue weighted by molar-refractivity contribution is 7.26. The highest BCUT2D eigenvalue weighted by Gasteiger charge is 2.51. The van der Waals surface area contributed by atoms with E-state index >= 15 is 0 Å². The van der Waals surface area contributed by atoms with Crippen molar-refractivity contribution < 1.29 is 4.42 Å². The molecule has 0 spiro atoms.